The molecule has 8 heteroatoms. The van der Waals surface area contributed by atoms with E-state index in [9.17, 15) is 17.6 Å². The van der Waals surface area contributed by atoms with E-state index < -0.39 is 15.8 Å². The lowest BCUT2D eigenvalue weighted by Crippen LogP contribution is -2.37. The number of sulfonamides is 1. The Bertz CT molecular complexity index is 905. The van der Waals surface area contributed by atoms with Crippen molar-refractivity contribution < 1.29 is 17.6 Å². The van der Waals surface area contributed by atoms with Crippen molar-refractivity contribution in [3.05, 3.63) is 59.9 Å². The lowest BCUT2D eigenvalue weighted by molar-refractivity contribution is -0.116. The first-order chi connectivity index (χ1) is 11.8. The lowest BCUT2D eigenvalue weighted by atomic mass is 10.2. The molecule has 6 nitrogen and oxygen atoms in total. The molecule has 0 aliphatic heterocycles. The first kappa shape index (κ1) is 18.6. The Morgan fingerprint density at radius 2 is 1.92 bits per heavy atom. The molecule has 0 heterocycles. The molecule has 25 heavy (non-hydrogen) atoms. The molecule has 2 rings (SSSR count). The van der Waals surface area contributed by atoms with Crippen LogP contribution in [-0.2, 0) is 14.8 Å². The summed E-state index contributed by atoms with van der Waals surface area (Å²) < 4.78 is 39.6. The Balaban J connectivity index is 2.08. The van der Waals surface area contributed by atoms with Gasteiger partial charge in [0.05, 0.1) is 16.5 Å². The van der Waals surface area contributed by atoms with Gasteiger partial charge in [-0.2, -0.15) is 5.26 Å². The van der Waals surface area contributed by atoms with Crippen LogP contribution in [-0.4, -0.2) is 27.4 Å². The zero-order valence-corrected chi connectivity index (χ0v) is 14.3. The summed E-state index contributed by atoms with van der Waals surface area (Å²) in [6.07, 6.45) is 0. The quantitative estimate of drug-likeness (QED) is 0.852. The number of anilines is 1. The lowest BCUT2D eigenvalue weighted by Gasteiger charge is -2.21. The van der Waals surface area contributed by atoms with Crippen LogP contribution >= 0.6 is 0 Å². The number of hydrogen-bond donors (Lipinski definition) is 1. The Kier molecular flexibility index (Phi) is 5.85. The summed E-state index contributed by atoms with van der Waals surface area (Å²) >= 11 is 0. The Morgan fingerprint density at radius 3 is 2.52 bits per heavy atom. The number of hydrogen-bond acceptors (Lipinski definition) is 4. The third kappa shape index (κ3) is 4.86. The molecule has 1 N–H and O–H groups in total. The highest BCUT2D eigenvalue weighted by atomic mass is 32.2. The van der Waals surface area contributed by atoms with E-state index >= 15 is 0 Å². The van der Waals surface area contributed by atoms with Gasteiger partial charge in [-0.15, -0.1) is 0 Å². The first-order valence-corrected chi connectivity index (χ1v) is 8.85. The predicted octanol–water partition coefficient (Wildman–Crippen LogP) is 2.03. The van der Waals surface area contributed by atoms with Crippen molar-refractivity contribution in [1.29, 1.82) is 5.26 Å². The summed E-state index contributed by atoms with van der Waals surface area (Å²) in [7, 11) is -3.80. The maximum atomic E-state index is 12.9. The topological polar surface area (TPSA) is 90.3 Å². The van der Waals surface area contributed by atoms with Crippen molar-refractivity contribution in [3.63, 3.8) is 0 Å². The second-order valence-electron chi connectivity index (χ2n) is 5.18. The summed E-state index contributed by atoms with van der Waals surface area (Å²) in [5, 5.41) is 8.94. The van der Waals surface area contributed by atoms with Crippen LogP contribution in [0.2, 0.25) is 0 Å². The normalized spacial score (nSPS) is 10.9. The molecule has 0 fully saturated rings. The SMILES string of the molecule is CC(=O)N(CCNS(=O)(=O)c1ccc(F)cc1)c1cccc(C#N)c1. The summed E-state index contributed by atoms with van der Waals surface area (Å²) in [6, 6.07) is 12.9. The fourth-order valence-electron chi connectivity index (χ4n) is 2.20. The van der Waals surface area contributed by atoms with Crippen LogP contribution in [0, 0.1) is 17.1 Å². The number of amides is 1. The number of halogens is 1. The number of carbonyl (C=O) groups excluding carboxylic acids is 1. The molecular formula is C17H16FN3O3S. The Morgan fingerprint density at radius 1 is 1.24 bits per heavy atom. The van der Waals surface area contributed by atoms with E-state index in [0.29, 0.717) is 11.3 Å². The van der Waals surface area contributed by atoms with E-state index in [0.717, 1.165) is 24.3 Å². The summed E-state index contributed by atoms with van der Waals surface area (Å²) in [5.41, 5.74) is 0.906. The molecule has 0 bridgehead atoms. The molecule has 2 aromatic rings. The van der Waals surface area contributed by atoms with Gasteiger partial charge in [0.25, 0.3) is 0 Å². The van der Waals surface area contributed by atoms with Gasteiger partial charge in [0.1, 0.15) is 5.82 Å². The van der Waals surface area contributed by atoms with Gasteiger partial charge in [0, 0.05) is 25.7 Å². The van der Waals surface area contributed by atoms with Crippen molar-refractivity contribution in [2.45, 2.75) is 11.8 Å². The minimum Gasteiger partial charge on any atom is -0.311 e. The van der Waals surface area contributed by atoms with E-state index in [1.165, 1.54) is 11.8 Å². The minimum absolute atomic E-state index is 0.0317. The van der Waals surface area contributed by atoms with Crippen LogP contribution in [0.3, 0.4) is 0 Å². The van der Waals surface area contributed by atoms with E-state index in [4.69, 9.17) is 5.26 Å². The highest BCUT2D eigenvalue weighted by molar-refractivity contribution is 7.89. The predicted molar refractivity (Wildman–Crippen MR) is 90.8 cm³/mol. The summed E-state index contributed by atoms with van der Waals surface area (Å²) in [4.78, 5) is 13.1. The Labute approximate surface area is 145 Å². The van der Waals surface area contributed by atoms with Gasteiger partial charge < -0.3 is 4.90 Å². The van der Waals surface area contributed by atoms with Gasteiger partial charge in [0.15, 0.2) is 0 Å². The molecule has 0 aliphatic rings. The number of nitriles is 1. The minimum atomic E-state index is -3.80. The standard InChI is InChI=1S/C17H16FN3O3S/c1-13(22)21(16-4-2-3-14(11-16)12-19)10-9-20-25(23,24)17-7-5-15(18)6-8-17/h2-8,11,20H,9-10H2,1H3. The second kappa shape index (κ2) is 7.88. The first-order valence-electron chi connectivity index (χ1n) is 7.37. The number of benzene rings is 2. The van der Waals surface area contributed by atoms with Crippen molar-refractivity contribution >= 4 is 21.6 Å². The van der Waals surface area contributed by atoms with Crippen molar-refractivity contribution in [1.82, 2.24) is 4.72 Å². The monoisotopic (exact) mass is 361 g/mol. The maximum absolute atomic E-state index is 12.9. The van der Waals surface area contributed by atoms with Crippen LogP contribution in [0.1, 0.15) is 12.5 Å². The zero-order chi connectivity index (χ0) is 18.4. The molecule has 1 amide bonds. The molecular weight excluding hydrogens is 345 g/mol. The molecule has 0 saturated heterocycles. The van der Waals surface area contributed by atoms with Crippen LogP contribution in [0.15, 0.2) is 53.4 Å². The van der Waals surface area contributed by atoms with Gasteiger partial charge in [-0.3, -0.25) is 4.79 Å². The van der Waals surface area contributed by atoms with E-state index in [-0.39, 0.29) is 23.9 Å². The maximum Gasteiger partial charge on any atom is 0.240 e. The van der Waals surface area contributed by atoms with Crippen molar-refractivity contribution in [3.8, 4) is 6.07 Å². The fraction of sp³-hybridized carbons (Fsp3) is 0.176. The van der Waals surface area contributed by atoms with Gasteiger partial charge in [-0.25, -0.2) is 17.5 Å². The third-order valence-electron chi connectivity index (χ3n) is 3.42. The molecule has 0 aromatic heterocycles. The average Bonchev–Trinajstić information content (AvgIpc) is 2.59. The van der Waals surface area contributed by atoms with Crippen molar-refractivity contribution in [2.24, 2.45) is 0 Å². The van der Waals surface area contributed by atoms with Crippen LogP contribution < -0.4 is 9.62 Å². The van der Waals surface area contributed by atoms with E-state index in [1.807, 2.05) is 6.07 Å². The average molecular weight is 361 g/mol. The number of rotatable bonds is 6. The Hall–Kier alpha value is -2.76. The molecule has 130 valence electrons. The van der Waals surface area contributed by atoms with Crippen molar-refractivity contribution in [2.75, 3.05) is 18.0 Å². The van der Waals surface area contributed by atoms with Gasteiger partial charge in [0.2, 0.25) is 15.9 Å². The smallest absolute Gasteiger partial charge is 0.240 e. The van der Waals surface area contributed by atoms with E-state index in [2.05, 4.69) is 4.72 Å². The largest absolute Gasteiger partial charge is 0.311 e. The second-order valence-corrected chi connectivity index (χ2v) is 6.95. The molecule has 0 unspecified atom stereocenters. The summed E-state index contributed by atoms with van der Waals surface area (Å²) in [6.45, 7) is 1.41. The molecule has 0 spiro atoms. The highest BCUT2D eigenvalue weighted by Gasteiger charge is 2.16. The highest BCUT2D eigenvalue weighted by Crippen LogP contribution is 2.16. The number of nitrogens with zero attached hydrogens (tertiary/aromatic N) is 2. The van der Waals surface area contributed by atoms with Gasteiger partial charge >= 0.3 is 0 Å². The van der Waals surface area contributed by atoms with E-state index in [1.54, 1.807) is 24.3 Å². The summed E-state index contributed by atoms with van der Waals surface area (Å²) in [5.74, 6) is -0.810. The molecule has 0 aliphatic carbocycles. The van der Waals surface area contributed by atoms with Gasteiger partial charge in [-0.05, 0) is 42.5 Å². The third-order valence-corrected chi connectivity index (χ3v) is 4.90. The number of nitrogens with one attached hydrogen (secondary N) is 1. The molecule has 0 saturated carbocycles. The van der Waals surface area contributed by atoms with Gasteiger partial charge in [-0.1, -0.05) is 6.07 Å². The molecule has 0 radical (unpaired) electrons. The molecule has 0 atom stereocenters. The van der Waals surface area contributed by atoms with Crippen LogP contribution in [0.25, 0.3) is 0 Å². The van der Waals surface area contributed by atoms with Crippen LogP contribution in [0.4, 0.5) is 10.1 Å². The molecule has 2 aromatic carbocycles. The number of carbonyl (C=O) groups is 1. The zero-order valence-electron chi connectivity index (χ0n) is 13.4. The van der Waals surface area contributed by atoms with Crippen LogP contribution in [0.5, 0.6) is 0 Å². The fourth-order valence-corrected chi connectivity index (χ4v) is 3.22.